The zero-order valence-electron chi connectivity index (χ0n) is 12.7. The Kier molecular flexibility index (Phi) is 5.27. The summed E-state index contributed by atoms with van der Waals surface area (Å²) in [5.74, 6) is -12.7. The van der Waals surface area contributed by atoms with Gasteiger partial charge < -0.3 is 0 Å². The molecule has 0 aliphatic heterocycles. The molecule has 0 aromatic heterocycles. The summed E-state index contributed by atoms with van der Waals surface area (Å²) in [5, 5.41) is 11.9. The van der Waals surface area contributed by atoms with E-state index in [-0.39, 0.29) is 5.56 Å². The number of rotatable bonds is 4. The van der Waals surface area contributed by atoms with E-state index in [0.29, 0.717) is 0 Å². The predicted molar refractivity (Wildman–Crippen MR) is 77.8 cm³/mol. The first-order chi connectivity index (χ1) is 12.1. The average Bonchev–Trinajstić information content (AvgIpc) is 2.60. The molecule has 0 N–H and O–H groups in total. The fourth-order valence-electron chi connectivity index (χ4n) is 1.78. The minimum atomic E-state index is -5.54. The van der Waals surface area contributed by atoms with Gasteiger partial charge in [0.05, 0.1) is 0 Å². The van der Waals surface area contributed by atoms with Crippen molar-refractivity contribution in [2.75, 3.05) is 0 Å². The minimum Gasteiger partial charge on any atom is -0.263 e. The van der Waals surface area contributed by atoms with E-state index in [1.54, 1.807) is 19.1 Å². The monoisotopic (exact) mass is 390 g/mol. The lowest BCUT2D eigenvalue weighted by Crippen LogP contribution is -2.14. The second kappa shape index (κ2) is 7.09. The Hall–Kier alpha value is -3.00. The maximum atomic E-state index is 13.6. The molecule has 0 radical (unpaired) electrons. The Labute approximate surface area is 144 Å². The number of aryl methyl sites for hydroxylation is 1. The Bertz CT molecular complexity index is 1020. The molecule has 0 aliphatic rings. The van der Waals surface area contributed by atoms with Crippen molar-refractivity contribution in [1.29, 1.82) is 5.26 Å². The third-order valence-electron chi connectivity index (χ3n) is 3.08. The fourth-order valence-corrected chi connectivity index (χ4v) is 2.64. The summed E-state index contributed by atoms with van der Waals surface area (Å²) in [6.07, 6.45) is 0. The highest BCUT2D eigenvalue weighted by molar-refractivity contribution is 7.86. The molecule has 26 heavy (non-hydrogen) atoms. The van der Waals surface area contributed by atoms with Crippen LogP contribution in [-0.2, 0) is 14.4 Å². The van der Waals surface area contributed by atoms with Crippen molar-refractivity contribution in [3.05, 3.63) is 64.5 Å². The summed E-state index contributed by atoms with van der Waals surface area (Å²) < 4.78 is 94.0. The van der Waals surface area contributed by atoms with Crippen LogP contribution in [0.5, 0.6) is 0 Å². The van der Waals surface area contributed by atoms with Gasteiger partial charge in [0.25, 0.3) is 0 Å². The molecule has 5 nitrogen and oxygen atoms in total. The van der Waals surface area contributed by atoms with Crippen LogP contribution in [0.25, 0.3) is 0 Å². The van der Waals surface area contributed by atoms with E-state index in [2.05, 4.69) is 9.44 Å². The summed E-state index contributed by atoms with van der Waals surface area (Å²) in [6.45, 7) is 1.73. The van der Waals surface area contributed by atoms with Gasteiger partial charge in [0.15, 0.2) is 33.9 Å². The summed E-state index contributed by atoms with van der Waals surface area (Å²) in [4.78, 5) is -2.21. The van der Waals surface area contributed by atoms with Gasteiger partial charge in [-0.25, -0.2) is 22.0 Å². The lowest BCUT2D eigenvalue weighted by molar-refractivity contribution is 0.318. The molecule has 0 bridgehead atoms. The molecule has 0 aliphatic carbocycles. The third kappa shape index (κ3) is 3.50. The molecule has 136 valence electrons. The molecule has 0 saturated carbocycles. The summed E-state index contributed by atoms with van der Waals surface area (Å²) in [7, 11) is -5.54. The molecule has 0 spiro atoms. The van der Waals surface area contributed by atoms with Crippen LogP contribution in [0.2, 0.25) is 0 Å². The van der Waals surface area contributed by atoms with Crippen molar-refractivity contribution >= 4 is 15.8 Å². The van der Waals surface area contributed by atoms with Gasteiger partial charge in [0.1, 0.15) is 6.07 Å². The fraction of sp³-hybridized carbons (Fsp3) is 0.0667. The molecular formula is C15H7F5N2O3S. The van der Waals surface area contributed by atoms with Crippen molar-refractivity contribution in [3.63, 3.8) is 0 Å². The molecule has 2 aromatic carbocycles. The quantitative estimate of drug-likeness (QED) is 0.264. The molecule has 0 atom stereocenters. The molecule has 11 heteroatoms. The van der Waals surface area contributed by atoms with Crippen LogP contribution in [0.4, 0.5) is 22.0 Å². The van der Waals surface area contributed by atoms with E-state index >= 15 is 0 Å². The predicted octanol–water partition coefficient (Wildman–Crippen LogP) is 3.32. The number of hydrogen-bond donors (Lipinski definition) is 0. The third-order valence-corrected chi connectivity index (χ3v) is 4.21. The Balaban J connectivity index is 2.50. The van der Waals surface area contributed by atoms with Gasteiger partial charge >= 0.3 is 10.1 Å². The molecular weight excluding hydrogens is 383 g/mol. The number of hydrogen-bond acceptors (Lipinski definition) is 5. The number of nitriles is 1. The van der Waals surface area contributed by atoms with E-state index in [1.807, 2.05) is 0 Å². The summed E-state index contributed by atoms with van der Waals surface area (Å²) >= 11 is 0. The van der Waals surface area contributed by atoms with Gasteiger partial charge in [-0.3, -0.25) is 4.28 Å². The highest BCUT2D eigenvalue weighted by atomic mass is 32.2. The first-order valence-corrected chi connectivity index (χ1v) is 8.01. The summed E-state index contributed by atoms with van der Waals surface area (Å²) in [6, 6.07) is 7.36. The zero-order valence-corrected chi connectivity index (χ0v) is 13.5. The lowest BCUT2D eigenvalue weighted by Gasteiger charge is -2.07. The standard InChI is InChI=1S/C15H7F5N2O3S/c1-7-2-4-8(5-3-7)9(6-21)22-25-26(23,24)15-13(19)11(17)10(16)12(18)14(15)20/h2-5H,1H3. The number of oxime groups is 1. The first kappa shape index (κ1) is 19.3. The lowest BCUT2D eigenvalue weighted by atomic mass is 10.1. The van der Waals surface area contributed by atoms with E-state index in [9.17, 15) is 30.4 Å². The molecule has 2 aromatic rings. The van der Waals surface area contributed by atoms with Crippen LogP contribution in [0, 0.1) is 47.3 Å². The van der Waals surface area contributed by atoms with Crippen LogP contribution in [0.3, 0.4) is 0 Å². The molecule has 0 fully saturated rings. The summed E-state index contributed by atoms with van der Waals surface area (Å²) in [5.41, 5.74) is 0.309. The number of halogens is 5. The zero-order chi connectivity index (χ0) is 19.6. The first-order valence-electron chi connectivity index (χ1n) is 6.60. The highest BCUT2D eigenvalue weighted by Crippen LogP contribution is 2.28. The molecule has 0 amide bonds. The van der Waals surface area contributed by atoms with E-state index in [4.69, 9.17) is 5.26 Å². The SMILES string of the molecule is Cc1ccc(C(C#N)=NOS(=O)(=O)c2c(F)c(F)c(F)c(F)c2F)cc1. The number of nitrogens with zero attached hydrogens (tertiary/aromatic N) is 2. The van der Waals surface area contributed by atoms with Gasteiger partial charge in [-0.1, -0.05) is 35.0 Å². The Morgan fingerprint density at radius 1 is 0.962 bits per heavy atom. The van der Waals surface area contributed by atoms with Crippen LogP contribution < -0.4 is 0 Å². The normalized spacial score (nSPS) is 12.0. The van der Waals surface area contributed by atoms with Gasteiger partial charge in [-0.15, -0.1) is 0 Å². The number of benzene rings is 2. The average molecular weight is 390 g/mol. The Morgan fingerprint density at radius 2 is 1.42 bits per heavy atom. The van der Waals surface area contributed by atoms with Gasteiger partial charge in [-0.05, 0) is 6.92 Å². The molecule has 2 rings (SSSR count). The van der Waals surface area contributed by atoms with Gasteiger partial charge in [-0.2, -0.15) is 13.7 Å². The highest BCUT2D eigenvalue weighted by Gasteiger charge is 2.35. The van der Waals surface area contributed by atoms with Crippen molar-refractivity contribution in [2.45, 2.75) is 11.8 Å². The van der Waals surface area contributed by atoms with E-state index in [1.165, 1.54) is 18.2 Å². The molecule has 0 unspecified atom stereocenters. The maximum Gasteiger partial charge on any atom is 0.364 e. The van der Waals surface area contributed by atoms with Crippen molar-refractivity contribution < 1.29 is 34.7 Å². The molecule has 0 saturated heterocycles. The van der Waals surface area contributed by atoms with Crippen molar-refractivity contribution in [2.24, 2.45) is 5.16 Å². The topological polar surface area (TPSA) is 79.5 Å². The van der Waals surface area contributed by atoms with Crippen LogP contribution in [-0.4, -0.2) is 14.1 Å². The van der Waals surface area contributed by atoms with Gasteiger partial charge in [0.2, 0.25) is 5.82 Å². The second-order valence-corrected chi connectivity index (χ2v) is 6.31. The van der Waals surface area contributed by atoms with Crippen LogP contribution in [0.1, 0.15) is 11.1 Å². The van der Waals surface area contributed by atoms with E-state index < -0.39 is 49.8 Å². The van der Waals surface area contributed by atoms with Crippen molar-refractivity contribution in [1.82, 2.24) is 0 Å². The smallest absolute Gasteiger partial charge is 0.263 e. The van der Waals surface area contributed by atoms with Crippen molar-refractivity contribution in [3.8, 4) is 6.07 Å². The molecule has 0 heterocycles. The van der Waals surface area contributed by atoms with Gasteiger partial charge in [0, 0.05) is 5.56 Å². The van der Waals surface area contributed by atoms with Crippen LogP contribution >= 0.6 is 0 Å². The Morgan fingerprint density at radius 3 is 1.88 bits per heavy atom. The van der Waals surface area contributed by atoms with Crippen LogP contribution in [0.15, 0.2) is 34.3 Å². The minimum absolute atomic E-state index is 0.103. The largest absolute Gasteiger partial charge is 0.364 e. The van der Waals surface area contributed by atoms with E-state index in [0.717, 1.165) is 5.56 Å². The second-order valence-electron chi connectivity index (χ2n) is 4.85. The maximum absolute atomic E-state index is 13.6.